The number of rotatable bonds is 2. The molecule has 2 heterocycles. The van der Waals surface area contributed by atoms with E-state index in [0.29, 0.717) is 18.8 Å². The van der Waals surface area contributed by atoms with E-state index in [9.17, 15) is 4.79 Å². The molecule has 1 unspecified atom stereocenters. The quantitative estimate of drug-likeness (QED) is 0.662. The Morgan fingerprint density at radius 2 is 2.40 bits per heavy atom. The normalized spacial score (nSPS) is 17.2. The average Bonchev–Trinajstić information content (AvgIpc) is 2.52. The number of nitrogens with one attached hydrogen (secondary N) is 1. The lowest BCUT2D eigenvalue weighted by Crippen LogP contribution is -2.23. The van der Waals surface area contributed by atoms with Crippen LogP contribution in [-0.4, -0.2) is 22.7 Å². The molecular weight excluding hydrogens is 196 g/mol. The molecule has 15 heavy (non-hydrogen) atoms. The zero-order valence-corrected chi connectivity index (χ0v) is 8.54. The van der Waals surface area contributed by atoms with Crippen LogP contribution in [0.4, 0.5) is 0 Å². The molecule has 4 N–H and O–H groups in total. The third kappa shape index (κ3) is 1.64. The minimum Gasteiger partial charge on any atom is -0.480 e. The highest BCUT2D eigenvalue weighted by Gasteiger charge is 2.26. The maximum absolute atomic E-state index is 10.9. The number of aryl methyl sites for hydroxylation is 1. The summed E-state index contributed by atoms with van der Waals surface area (Å²) in [5.74, 6) is -1.01. The van der Waals surface area contributed by atoms with Crippen LogP contribution in [0.3, 0.4) is 0 Å². The Labute approximate surface area is 87.2 Å². The smallest absolute Gasteiger partial charge is 0.325 e. The Morgan fingerprint density at radius 3 is 3.07 bits per heavy atom. The fourth-order valence-electron chi connectivity index (χ4n) is 2.03. The standard InChI is InChI=1S/C10H14N2O3/c1-5-8(9(11)10(13)14)6-4-15-3-2-7(6)12-5/h9,12H,2-4,11H2,1H3,(H,13,14). The van der Waals surface area contributed by atoms with Crippen LogP contribution in [0.25, 0.3) is 0 Å². The molecule has 0 spiro atoms. The topological polar surface area (TPSA) is 88.3 Å². The predicted octanol–water partition coefficient (Wildman–Crippen LogP) is 0.480. The van der Waals surface area contributed by atoms with Crippen LogP contribution in [-0.2, 0) is 22.6 Å². The molecule has 1 aliphatic heterocycles. The van der Waals surface area contributed by atoms with E-state index < -0.39 is 12.0 Å². The second-order valence-corrected chi connectivity index (χ2v) is 3.74. The van der Waals surface area contributed by atoms with E-state index in [1.54, 1.807) is 0 Å². The molecule has 0 saturated heterocycles. The first kappa shape index (κ1) is 10.2. The number of carbonyl (C=O) groups is 1. The highest BCUT2D eigenvalue weighted by atomic mass is 16.5. The largest absolute Gasteiger partial charge is 0.480 e. The zero-order chi connectivity index (χ0) is 11.0. The SMILES string of the molecule is Cc1[nH]c2c(c1C(N)C(=O)O)COCC2. The van der Waals surface area contributed by atoms with Crippen LogP contribution >= 0.6 is 0 Å². The fraction of sp³-hybridized carbons (Fsp3) is 0.500. The number of ether oxygens (including phenoxy) is 1. The van der Waals surface area contributed by atoms with E-state index >= 15 is 0 Å². The summed E-state index contributed by atoms with van der Waals surface area (Å²) in [7, 11) is 0. The molecular formula is C10H14N2O3. The van der Waals surface area contributed by atoms with Crippen molar-refractivity contribution in [2.45, 2.75) is 26.0 Å². The lowest BCUT2D eigenvalue weighted by atomic mass is 10.0. The summed E-state index contributed by atoms with van der Waals surface area (Å²) in [4.78, 5) is 14.0. The Hall–Kier alpha value is -1.33. The summed E-state index contributed by atoms with van der Waals surface area (Å²) in [6.45, 7) is 2.97. The number of fused-ring (bicyclic) bond motifs is 1. The van der Waals surface area contributed by atoms with Gasteiger partial charge in [-0.25, -0.2) is 0 Å². The van der Waals surface area contributed by atoms with Crippen LogP contribution in [0.15, 0.2) is 0 Å². The van der Waals surface area contributed by atoms with Gasteiger partial charge in [-0.3, -0.25) is 4.79 Å². The molecule has 1 aliphatic rings. The number of aromatic nitrogens is 1. The van der Waals surface area contributed by atoms with Gasteiger partial charge in [0, 0.05) is 28.9 Å². The predicted molar refractivity (Wildman–Crippen MR) is 53.5 cm³/mol. The van der Waals surface area contributed by atoms with Crippen molar-refractivity contribution in [3.8, 4) is 0 Å². The van der Waals surface area contributed by atoms with Crippen molar-refractivity contribution in [2.75, 3.05) is 6.61 Å². The van der Waals surface area contributed by atoms with Gasteiger partial charge in [-0.05, 0) is 6.92 Å². The molecule has 0 saturated carbocycles. The Bertz CT molecular complexity index is 398. The van der Waals surface area contributed by atoms with Gasteiger partial charge >= 0.3 is 5.97 Å². The number of hydrogen-bond donors (Lipinski definition) is 3. The molecule has 1 aromatic heterocycles. The first-order valence-electron chi connectivity index (χ1n) is 4.87. The molecule has 0 bridgehead atoms. The van der Waals surface area contributed by atoms with Gasteiger partial charge in [0.15, 0.2) is 0 Å². The van der Waals surface area contributed by atoms with Crippen molar-refractivity contribution in [2.24, 2.45) is 5.73 Å². The van der Waals surface area contributed by atoms with Crippen molar-refractivity contribution in [1.82, 2.24) is 4.98 Å². The lowest BCUT2D eigenvalue weighted by molar-refractivity contribution is -0.138. The van der Waals surface area contributed by atoms with E-state index in [4.69, 9.17) is 15.6 Å². The maximum atomic E-state index is 10.9. The van der Waals surface area contributed by atoms with Crippen molar-refractivity contribution in [1.29, 1.82) is 0 Å². The second kappa shape index (κ2) is 3.67. The summed E-state index contributed by atoms with van der Waals surface area (Å²) < 4.78 is 5.31. The van der Waals surface area contributed by atoms with Gasteiger partial charge in [0.1, 0.15) is 6.04 Å². The van der Waals surface area contributed by atoms with Crippen LogP contribution in [0.5, 0.6) is 0 Å². The molecule has 0 radical (unpaired) electrons. The highest BCUT2D eigenvalue weighted by molar-refractivity contribution is 5.76. The molecule has 5 nitrogen and oxygen atoms in total. The molecule has 0 fully saturated rings. The Kier molecular flexibility index (Phi) is 2.50. The summed E-state index contributed by atoms with van der Waals surface area (Å²) in [5, 5.41) is 8.90. The van der Waals surface area contributed by atoms with Crippen molar-refractivity contribution >= 4 is 5.97 Å². The molecule has 0 aromatic carbocycles. The summed E-state index contributed by atoms with van der Waals surface area (Å²) >= 11 is 0. The Balaban J connectivity index is 2.46. The first-order valence-corrected chi connectivity index (χ1v) is 4.87. The van der Waals surface area contributed by atoms with Crippen LogP contribution in [0.2, 0.25) is 0 Å². The number of carboxylic acid groups (broad SMARTS) is 1. The van der Waals surface area contributed by atoms with Crippen LogP contribution in [0.1, 0.15) is 28.6 Å². The minimum absolute atomic E-state index is 0.454. The number of aliphatic carboxylic acids is 1. The molecule has 2 rings (SSSR count). The number of nitrogens with two attached hydrogens (primary N) is 1. The second-order valence-electron chi connectivity index (χ2n) is 3.74. The number of carboxylic acids is 1. The van der Waals surface area contributed by atoms with Crippen molar-refractivity contribution < 1.29 is 14.6 Å². The number of aromatic amines is 1. The van der Waals surface area contributed by atoms with E-state index in [0.717, 1.165) is 23.4 Å². The third-order valence-corrected chi connectivity index (χ3v) is 2.75. The molecule has 0 aliphatic carbocycles. The van der Waals surface area contributed by atoms with E-state index in [1.165, 1.54) is 0 Å². The van der Waals surface area contributed by atoms with Crippen LogP contribution in [0, 0.1) is 6.92 Å². The molecule has 1 aromatic rings. The monoisotopic (exact) mass is 210 g/mol. The summed E-state index contributed by atoms with van der Waals surface area (Å²) in [6, 6.07) is -0.966. The van der Waals surface area contributed by atoms with Gasteiger partial charge in [-0.1, -0.05) is 0 Å². The highest BCUT2D eigenvalue weighted by Crippen LogP contribution is 2.27. The number of hydrogen-bond acceptors (Lipinski definition) is 3. The van der Waals surface area contributed by atoms with Gasteiger partial charge in [0.2, 0.25) is 0 Å². The van der Waals surface area contributed by atoms with E-state index in [2.05, 4.69) is 4.98 Å². The maximum Gasteiger partial charge on any atom is 0.325 e. The summed E-state index contributed by atoms with van der Waals surface area (Å²) in [5.41, 5.74) is 9.13. The molecule has 1 atom stereocenters. The average molecular weight is 210 g/mol. The first-order chi connectivity index (χ1) is 7.11. The molecule has 5 heteroatoms. The zero-order valence-electron chi connectivity index (χ0n) is 8.54. The number of H-pyrrole nitrogens is 1. The van der Waals surface area contributed by atoms with Crippen molar-refractivity contribution in [3.05, 3.63) is 22.5 Å². The molecule has 82 valence electrons. The van der Waals surface area contributed by atoms with Gasteiger partial charge in [-0.2, -0.15) is 0 Å². The van der Waals surface area contributed by atoms with E-state index in [1.807, 2.05) is 6.92 Å². The van der Waals surface area contributed by atoms with Crippen molar-refractivity contribution in [3.63, 3.8) is 0 Å². The third-order valence-electron chi connectivity index (χ3n) is 2.75. The van der Waals surface area contributed by atoms with Gasteiger partial charge in [0.05, 0.1) is 13.2 Å². The van der Waals surface area contributed by atoms with Gasteiger partial charge < -0.3 is 20.6 Å². The van der Waals surface area contributed by atoms with Gasteiger partial charge in [0.25, 0.3) is 0 Å². The van der Waals surface area contributed by atoms with Crippen LogP contribution < -0.4 is 5.73 Å². The summed E-state index contributed by atoms with van der Waals surface area (Å²) in [6.07, 6.45) is 0.794. The minimum atomic E-state index is -1.01. The fourth-order valence-corrected chi connectivity index (χ4v) is 2.03. The van der Waals surface area contributed by atoms with E-state index in [-0.39, 0.29) is 0 Å². The van der Waals surface area contributed by atoms with Gasteiger partial charge in [-0.15, -0.1) is 0 Å². The lowest BCUT2D eigenvalue weighted by Gasteiger charge is -2.15. The Morgan fingerprint density at radius 1 is 1.67 bits per heavy atom. The molecule has 0 amide bonds.